The fourth-order valence-corrected chi connectivity index (χ4v) is 3.84. The van der Waals surface area contributed by atoms with E-state index in [1.165, 1.54) is 38.8 Å². The van der Waals surface area contributed by atoms with Crippen LogP contribution in [0.15, 0.2) is 0 Å². The first-order chi connectivity index (χ1) is 10.1. The third-order valence-electron chi connectivity index (χ3n) is 4.83. The lowest BCUT2D eigenvalue weighted by atomic mass is 10.1. The molecular weight excluding hydrogens is 264 g/mol. The molecule has 3 N–H and O–H groups in total. The Morgan fingerprint density at radius 1 is 1.24 bits per heavy atom. The van der Waals surface area contributed by atoms with Crippen molar-refractivity contribution in [2.45, 2.75) is 38.6 Å². The Morgan fingerprint density at radius 2 is 1.95 bits per heavy atom. The van der Waals surface area contributed by atoms with Crippen LogP contribution in [0.2, 0.25) is 0 Å². The molecule has 0 saturated carbocycles. The molecule has 3 heterocycles. The average Bonchev–Trinajstić information content (AvgIpc) is 3.04. The highest BCUT2D eigenvalue weighted by Gasteiger charge is 2.32. The molecule has 2 aliphatic rings. The van der Waals surface area contributed by atoms with Gasteiger partial charge in [-0.1, -0.05) is 6.42 Å². The first kappa shape index (κ1) is 14.4. The smallest absolute Gasteiger partial charge is 0.137 e. The monoisotopic (exact) mass is 290 g/mol. The molecule has 0 amide bonds. The van der Waals surface area contributed by atoms with Crippen LogP contribution in [0.1, 0.15) is 36.9 Å². The van der Waals surface area contributed by atoms with Crippen LogP contribution in [0.25, 0.3) is 0 Å². The summed E-state index contributed by atoms with van der Waals surface area (Å²) in [5, 5.41) is 12.3. The number of anilines is 1. The highest BCUT2D eigenvalue weighted by Crippen LogP contribution is 2.28. The van der Waals surface area contributed by atoms with Crippen molar-refractivity contribution in [3.05, 3.63) is 11.3 Å². The van der Waals surface area contributed by atoms with Gasteiger partial charge in [0.2, 0.25) is 0 Å². The summed E-state index contributed by atoms with van der Waals surface area (Å²) in [5.74, 6) is 1.14. The van der Waals surface area contributed by atoms with E-state index in [9.17, 15) is 0 Å². The first-order valence-electron chi connectivity index (χ1n) is 7.95. The molecule has 2 saturated heterocycles. The molecule has 3 rings (SSSR count). The number of nitrogens with zero attached hydrogens (tertiary/aromatic N) is 4. The molecule has 0 aromatic carbocycles. The van der Waals surface area contributed by atoms with Crippen molar-refractivity contribution < 1.29 is 0 Å². The number of hydrogen-bond donors (Lipinski definition) is 2. The summed E-state index contributed by atoms with van der Waals surface area (Å²) in [5.41, 5.74) is 7.42. The van der Waals surface area contributed by atoms with Gasteiger partial charge >= 0.3 is 0 Å². The molecule has 0 bridgehead atoms. The van der Waals surface area contributed by atoms with Gasteiger partial charge in [-0.25, -0.2) is 0 Å². The second kappa shape index (κ2) is 5.67. The number of likely N-dealkylation sites (tertiary alicyclic amines) is 1. The van der Waals surface area contributed by atoms with E-state index >= 15 is 0 Å². The molecule has 1 aromatic heterocycles. The molecule has 0 radical (unpaired) electrons. The van der Waals surface area contributed by atoms with Crippen LogP contribution < -0.4 is 10.6 Å². The van der Waals surface area contributed by atoms with Crippen LogP contribution in [-0.4, -0.2) is 52.7 Å². The Balaban J connectivity index is 1.78. The van der Waals surface area contributed by atoms with Crippen molar-refractivity contribution in [2.75, 3.05) is 31.1 Å². The van der Waals surface area contributed by atoms with Gasteiger partial charge in [-0.2, -0.15) is 5.10 Å². The Labute approximate surface area is 126 Å². The maximum absolute atomic E-state index is 7.83. The Morgan fingerprint density at radius 3 is 2.62 bits per heavy atom. The van der Waals surface area contributed by atoms with Gasteiger partial charge in [-0.3, -0.25) is 15.0 Å². The fraction of sp³-hybridized carbons (Fsp3) is 0.733. The molecule has 0 aliphatic carbocycles. The summed E-state index contributed by atoms with van der Waals surface area (Å²) in [7, 11) is 1.95. The SMILES string of the molecule is Cc1nn(C)c(N2CCC(N3CCCCC3)C2)c1C(=N)N. The van der Waals surface area contributed by atoms with Gasteiger partial charge in [0.25, 0.3) is 0 Å². The standard InChI is InChI=1S/C15H26N6/c1-11-13(14(16)17)15(19(2)18-11)21-9-6-12(10-21)20-7-4-3-5-8-20/h12H,3-10H2,1-2H3,(H3,16,17). The van der Waals surface area contributed by atoms with Crippen LogP contribution in [0.4, 0.5) is 5.82 Å². The van der Waals surface area contributed by atoms with Gasteiger partial charge in [0.15, 0.2) is 0 Å². The van der Waals surface area contributed by atoms with E-state index in [1.54, 1.807) is 0 Å². The molecule has 6 heteroatoms. The molecule has 116 valence electrons. The minimum Gasteiger partial charge on any atom is -0.384 e. The largest absolute Gasteiger partial charge is 0.384 e. The third kappa shape index (κ3) is 2.64. The zero-order valence-corrected chi connectivity index (χ0v) is 13.1. The summed E-state index contributed by atoms with van der Waals surface area (Å²) >= 11 is 0. The zero-order chi connectivity index (χ0) is 15.0. The number of aryl methyl sites for hydroxylation is 2. The molecule has 1 aromatic rings. The number of rotatable bonds is 3. The van der Waals surface area contributed by atoms with Crippen molar-refractivity contribution in [2.24, 2.45) is 12.8 Å². The number of nitrogens with two attached hydrogens (primary N) is 1. The second-order valence-corrected chi connectivity index (χ2v) is 6.31. The van der Waals surface area contributed by atoms with Crippen molar-refractivity contribution in [3.8, 4) is 0 Å². The molecule has 21 heavy (non-hydrogen) atoms. The van der Waals surface area contributed by atoms with Gasteiger partial charge in [0.1, 0.15) is 11.7 Å². The number of nitrogens with one attached hydrogen (secondary N) is 1. The molecule has 6 nitrogen and oxygen atoms in total. The number of piperidine rings is 1. The van der Waals surface area contributed by atoms with Crippen LogP contribution in [-0.2, 0) is 7.05 Å². The van der Waals surface area contributed by atoms with Crippen molar-refractivity contribution in [1.29, 1.82) is 5.41 Å². The molecule has 2 aliphatic heterocycles. The Hall–Kier alpha value is -1.56. The van der Waals surface area contributed by atoms with E-state index < -0.39 is 0 Å². The van der Waals surface area contributed by atoms with E-state index in [0.717, 1.165) is 30.2 Å². The first-order valence-corrected chi connectivity index (χ1v) is 7.95. The van der Waals surface area contributed by atoms with E-state index in [0.29, 0.717) is 6.04 Å². The van der Waals surface area contributed by atoms with Crippen LogP contribution in [0, 0.1) is 12.3 Å². The van der Waals surface area contributed by atoms with E-state index in [1.807, 2.05) is 18.7 Å². The molecule has 0 spiro atoms. The molecule has 2 fully saturated rings. The van der Waals surface area contributed by atoms with Gasteiger partial charge in [0.05, 0.1) is 11.3 Å². The minimum absolute atomic E-state index is 0.122. The second-order valence-electron chi connectivity index (χ2n) is 6.31. The van der Waals surface area contributed by atoms with Crippen molar-refractivity contribution in [1.82, 2.24) is 14.7 Å². The summed E-state index contributed by atoms with van der Waals surface area (Å²) in [6, 6.07) is 0.639. The fourth-order valence-electron chi connectivity index (χ4n) is 3.84. The number of amidine groups is 1. The quantitative estimate of drug-likeness (QED) is 0.645. The lowest BCUT2D eigenvalue weighted by molar-refractivity contribution is 0.174. The third-order valence-corrected chi connectivity index (χ3v) is 4.83. The molecular formula is C15H26N6. The summed E-state index contributed by atoms with van der Waals surface area (Å²) in [6.45, 7) is 6.46. The average molecular weight is 290 g/mol. The van der Waals surface area contributed by atoms with Crippen molar-refractivity contribution in [3.63, 3.8) is 0 Å². The lowest BCUT2D eigenvalue weighted by Gasteiger charge is -2.32. The van der Waals surface area contributed by atoms with Gasteiger partial charge in [0, 0.05) is 26.2 Å². The number of aromatic nitrogens is 2. The van der Waals surface area contributed by atoms with E-state index in [4.69, 9.17) is 11.1 Å². The highest BCUT2D eigenvalue weighted by molar-refractivity contribution is 6.01. The number of hydrogen-bond acceptors (Lipinski definition) is 4. The summed E-state index contributed by atoms with van der Waals surface area (Å²) < 4.78 is 1.88. The van der Waals surface area contributed by atoms with Gasteiger partial charge < -0.3 is 10.6 Å². The van der Waals surface area contributed by atoms with Gasteiger partial charge in [-0.15, -0.1) is 0 Å². The zero-order valence-electron chi connectivity index (χ0n) is 13.1. The normalized spacial score (nSPS) is 23.7. The van der Waals surface area contributed by atoms with Gasteiger partial charge in [-0.05, 0) is 39.3 Å². The summed E-state index contributed by atoms with van der Waals surface area (Å²) in [6.07, 6.45) is 5.24. The predicted octanol–water partition coefficient (Wildman–Crippen LogP) is 1.08. The Bertz CT molecular complexity index is 529. The topological polar surface area (TPSA) is 74.2 Å². The number of nitrogen functional groups attached to an aromatic ring is 1. The molecule has 1 unspecified atom stereocenters. The minimum atomic E-state index is 0.122. The van der Waals surface area contributed by atoms with E-state index in [-0.39, 0.29) is 5.84 Å². The van der Waals surface area contributed by atoms with E-state index in [2.05, 4.69) is 14.9 Å². The van der Waals surface area contributed by atoms with Crippen LogP contribution in [0.3, 0.4) is 0 Å². The Kier molecular flexibility index (Phi) is 3.89. The molecule has 1 atom stereocenters. The van der Waals surface area contributed by atoms with Crippen LogP contribution >= 0.6 is 0 Å². The summed E-state index contributed by atoms with van der Waals surface area (Å²) in [4.78, 5) is 5.00. The van der Waals surface area contributed by atoms with Crippen LogP contribution in [0.5, 0.6) is 0 Å². The maximum Gasteiger partial charge on any atom is 0.137 e. The highest BCUT2D eigenvalue weighted by atomic mass is 15.4. The van der Waals surface area contributed by atoms with Crippen molar-refractivity contribution >= 4 is 11.7 Å². The lowest BCUT2D eigenvalue weighted by Crippen LogP contribution is -2.41. The maximum atomic E-state index is 7.83. The predicted molar refractivity (Wildman–Crippen MR) is 85.0 cm³/mol.